The minimum absolute atomic E-state index is 0.259. The first-order chi connectivity index (χ1) is 13.5. The van der Waals surface area contributed by atoms with Crippen molar-refractivity contribution < 1.29 is 9.53 Å². The van der Waals surface area contributed by atoms with Crippen LogP contribution < -0.4 is 15.4 Å². The fourth-order valence-corrected chi connectivity index (χ4v) is 3.01. The maximum Gasteiger partial charge on any atom is 0.315 e. The molecule has 0 aliphatic rings. The highest BCUT2D eigenvalue weighted by Crippen LogP contribution is 2.30. The number of rotatable bonds is 7. The van der Waals surface area contributed by atoms with Gasteiger partial charge in [0.2, 0.25) is 0 Å². The van der Waals surface area contributed by atoms with Gasteiger partial charge in [0.1, 0.15) is 12.1 Å². The van der Waals surface area contributed by atoms with E-state index >= 15 is 0 Å². The molecular weight excluding hydrogens is 354 g/mol. The largest absolute Gasteiger partial charge is 0.496 e. The van der Waals surface area contributed by atoms with E-state index in [0.717, 1.165) is 17.0 Å². The summed E-state index contributed by atoms with van der Waals surface area (Å²) in [5, 5.41) is 13.8. The van der Waals surface area contributed by atoms with Crippen molar-refractivity contribution in [3.8, 4) is 11.4 Å². The molecule has 3 rings (SSSR count). The third-order valence-electron chi connectivity index (χ3n) is 4.59. The van der Waals surface area contributed by atoms with Gasteiger partial charge in [0, 0.05) is 23.2 Å². The molecule has 2 N–H and O–H groups in total. The van der Waals surface area contributed by atoms with E-state index in [1.54, 1.807) is 13.4 Å². The van der Waals surface area contributed by atoms with Crippen molar-refractivity contribution >= 4 is 6.03 Å². The summed E-state index contributed by atoms with van der Waals surface area (Å²) >= 11 is 0. The average Bonchev–Trinajstić information content (AvgIpc) is 3.20. The Bertz CT molecular complexity index is 921. The second-order valence-corrected chi connectivity index (χ2v) is 7.07. The van der Waals surface area contributed by atoms with Crippen molar-refractivity contribution in [2.45, 2.75) is 25.8 Å². The first kappa shape index (κ1) is 19.4. The van der Waals surface area contributed by atoms with E-state index in [2.05, 4.69) is 34.7 Å². The average molecular weight is 379 g/mol. The zero-order valence-corrected chi connectivity index (χ0v) is 16.3. The van der Waals surface area contributed by atoms with E-state index in [9.17, 15) is 4.79 Å². The number of hydrogen-bond acceptors (Lipinski definition) is 4. The highest BCUT2D eigenvalue weighted by atomic mass is 16.5. The number of carbonyl (C=O) groups excluding carboxylic acids is 1. The Balaban J connectivity index is 1.58. The lowest BCUT2D eigenvalue weighted by Crippen LogP contribution is -2.42. The standard InChI is InChI=1S/C21H25N5O2/c1-21(2,17-11-7-8-12-18(17)28-3)14-23-20(27)22-13-19-25-24-15-26(19)16-9-5-4-6-10-16/h4-12,15H,13-14H2,1-3H3,(H2,22,23,27). The minimum Gasteiger partial charge on any atom is -0.496 e. The summed E-state index contributed by atoms with van der Waals surface area (Å²) in [4.78, 5) is 12.3. The number of aromatic nitrogens is 3. The molecule has 0 fully saturated rings. The number of nitrogens with zero attached hydrogens (tertiary/aromatic N) is 3. The summed E-state index contributed by atoms with van der Waals surface area (Å²) in [6.07, 6.45) is 1.63. The molecule has 0 saturated heterocycles. The quantitative estimate of drug-likeness (QED) is 0.661. The normalized spacial score (nSPS) is 11.1. The number of benzene rings is 2. The van der Waals surface area contributed by atoms with Crippen molar-refractivity contribution in [3.05, 3.63) is 72.3 Å². The van der Waals surface area contributed by atoms with Crippen LogP contribution in [0.3, 0.4) is 0 Å². The molecule has 0 atom stereocenters. The lowest BCUT2D eigenvalue weighted by atomic mass is 9.84. The number of ether oxygens (including phenoxy) is 1. The van der Waals surface area contributed by atoms with Crippen LogP contribution >= 0.6 is 0 Å². The molecule has 0 aliphatic heterocycles. The lowest BCUT2D eigenvalue weighted by Gasteiger charge is -2.27. The number of hydrogen-bond donors (Lipinski definition) is 2. The predicted molar refractivity (Wildman–Crippen MR) is 108 cm³/mol. The lowest BCUT2D eigenvalue weighted by molar-refractivity contribution is 0.237. The molecular formula is C21H25N5O2. The van der Waals surface area contributed by atoms with Crippen LogP contribution in [0.15, 0.2) is 60.9 Å². The molecule has 7 nitrogen and oxygen atoms in total. The maximum absolute atomic E-state index is 12.3. The number of amides is 2. The molecule has 2 aromatic carbocycles. The number of nitrogens with one attached hydrogen (secondary N) is 2. The van der Waals surface area contributed by atoms with Crippen molar-refractivity contribution in [3.63, 3.8) is 0 Å². The van der Waals surface area contributed by atoms with Gasteiger partial charge in [0.05, 0.1) is 13.7 Å². The molecule has 0 radical (unpaired) electrons. The Labute approximate surface area is 164 Å². The van der Waals surface area contributed by atoms with Crippen LogP contribution in [0.1, 0.15) is 25.2 Å². The first-order valence-electron chi connectivity index (χ1n) is 9.11. The SMILES string of the molecule is COc1ccccc1C(C)(C)CNC(=O)NCc1nncn1-c1ccccc1. The molecule has 1 aromatic heterocycles. The van der Waals surface area contributed by atoms with E-state index in [0.29, 0.717) is 12.4 Å². The van der Waals surface area contributed by atoms with Crippen LogP contribution in [0.2, 0.25) is 0 Å². The Morgan fingerprint density at radius 3 is 2.54 bits per heavy atom. The van der Waals surface area contributed by atoms with Crippen LogP contribution in [0.4, 0.5) is 4.79 Å². The third kappa shape index (κ3) is 4.49. The molecule has 28 heavy (non-hydrogen) atoms. The number of para-hydroxylation sites is 2. The van der Waals surface area contributed by atoms with Crippen LogP contribution in [0, 0.1) is 0 Å². The predicted octanol–water partition coefficient (Wildman–Crippen LogP) is 3.05. The monoisotopic (exact) mass is 379 g/mol. The van der Waals surface area contributed by atoms with Crippen LogP contribution in [0.5, 0.6) is 5.75 Å². The van der Waals surface area contributed by atoms with Crippen LogP contribution in [-0.4, -0.2) is 34.5 Å². The van der Waals surface area contributed by atoms with Gasteiger partial charge in [0.25, 0.3) is 0 Å². The van der Waals surface area contributed by atoms with Crippen molar-refractivity contribution in [2.24, 2.45) is 0 Å². The highest BCUT2D eigenvalue weighted by molar-refractivity contribution is 5.73. The molecule has 0 saturated carbocycles. The zero-order chi connectivity index (χ0) is 20.0. The van der Waals surface area contributed by atoms with Crippen LogP contribution in [0.25, 0.3) is 5.69 Å². The van der Waals surface area contributed by atoms with Gasteiger partial charge in [-0.05, 0) is 18.2 Å². The van der Waals surface area contributed by atoms with Crippen LogP contribution in [-0.2, 0) is 12.0 Å². The zero-order valence-electron chi connectivity index (χ0n) is 16.3. The molecule has 0 spiro atoms. The number of methoxy groups -OCH3 is 1. The van der Waals surface area contributed by atoms with Crippen molar-refractivity contribution in [1.82, 2.24) is 25.4 Å². The summed E-state index contributed by atoms with van der Waals surface area (Å²) in [5.74, 6) is 1.47. The van der Waals surface area contributed by atoms with E-state index in [-0.39, 0.29) is 18.0 Å². The van der Waals surface area contributed by atoms with Gasteiger partial charge in [-0.1, -0.05) is 50.2 Å². The summed E-state index contributed by atoms with van der Waals surface area (Å²) in [6, 6.07) is 17.3. The van der Waals surface area contributed by atoms with E-state index in [4.69, 9.17) is 4.74 Å². The third-order valence-corrected chi connectivity index (χ3v) is 4.59. The molecule has 0 aliphatic carbocycles. The molecule has 146 valence electrons. The van der Waals surface area contributed by atoms with E-state index in [1.807, 2.05) is 59.2 Å². The van der Waals surface area contributed by atoms with Gasteiger partial charge in [-0.15, -0.1) is 10.2 Å². The van der Waals surface area contributed by atoms with Crippen molar-refractivity contribution in [1.29, 1.82) is 0 Å². The molecule has 7 heteroatoms. The van der Waals surface area contributed by atoms with Gasteiger partial charge in [-0.3, -0.25) is 4.57 Å². The second kappa shape index (κ2) is 8.56. The van der Waals surface area contributed by atoms with E-state index < -0.39 is 0 Å². The minimum atomic E-state index is -0.284. The van der Waals surface area contributed by atoms with Gasteiger partial charge >= 0.3 is 6.03 Å². The fraction of sp³-hybridized carbons (Fsp3) is 0.286. The number of carbonyl (C=O) groups is 1. The molecule has 3 aromatic rings. The Kier molecular flexibility index (Phi) is 5.93. The van der Waals surface area contributed by atoms with E-state index in [1.165, 1.54) is 0 Å². The summed E-state index contributed by atoms with van der Waals surface area (Å²) in [5.41, 5.74) is 1.71. The number of urea groups is 1. The smallest absolute Gasteiger partial charge is 0.315 e. The Morgan fingerprint density at radius 1 is 1.07 bits per heavy atom. The molecule has 2 amide bonds. The summed E-state index contributed by atoms with van der Waals surface area (Å²) in [6.45, 7) is 4.87. The Morgan fingerprint density at radius 2 is 1.79 bits per heavy atom. The molecule has 0 unspecified atom stereocenters. The van der Waals surface area contributed by atoms with Gasteiger partial charge in [-0.25, -0.2) is 4.79 Å². The summed E-state index contributed by atoms with van der Waals surface area (Å²) < 4.78 is 7.29. The molecule has 0 bridgehead atoms. The van der Waals surface area contributed by atoms with Gasteiger partial charge < -0.3 is 15.4 Å². The van der Waals surface area contributed by atoms with Crippen molar-refractivity contribution in [2.75, 3.05) is 13.7 Å². The topological polar surface area (TPSA) is 81.1 Å². The Hall–Kier alpha value is -3.35. The fourth-order valence-electron chi connectivity index (χ4n) is 3.01. The first-order valence-corrected chi connectivity index (χ1v) is 9.11. The maximum atomic E-state index is 12.3. The molecule has 1 heterocycles. The summed E-state index contributed by atoms with van der Waals surface area (Å²) in [7, 11) is 1.65. The highest BCUT2D eigenvalue weighted by Gasteiger charge is 2.24. The van der Waals surface area contributed by atoms with Gasteiger partial charge in [-0.2, -0.15) is 0 Å². The second-order valence-electron chi connectivity index (χ2n) is 7.07. The van der Waals surface area contributed by atoms with Gasteiger partial charge in [0.15, 0.2) is 5.82 Å².